The molecular weight excluding hydrogens is 432 g/mol. The van der Waals surface area contributed by atoms with Gasteiger partial charge >= 0.3 is 5.97 Å². The van der Waals surface area contributed by atoms with Crippen molar-refractivity contribution < 1.29 is 14.3 Å². The van der Waals surface area contributed by atoms with E-state index in [2.05, 4.69) is 37.6 Å². The molecule has 0 spiro atoms. The van der Waals surface area contributed by atoms with Gasteiger partial charge in [0.05, 0.1) is 36.6 Å². The van der Waals surface area contributed by atoms with E-state index in [9.17, 15) is 4.79 Å². The number of carbonyl (C=O) groups excluding carboxylic acids is 1. The van der Waals surface area contributed by atoms with Crippen molar-refractivity contribution in [2.45, 2.75) is 38.3 Å². The molecule has 0 bridgehead atoms. The van der Waals surface area contributed by atoms with E-state index in [0.29, 0.717) is 24.1 Å². The van der Waals surface area contributed by atoms with Gasteiger partial charge in [-0.3, -0.25) is 0 Å². The van der Waals surface area contributed by atoms with Gasteiger partial charge in [0.15, 0.2) is 0 Å². The van der Waals surface area contributed by atoms with E-state index < -0.39 is 0 Å². The van der Waals surface area contributed by atoms with E-state index in [0.717, 1.165) is 47.8 Å². The zero-order chi connectivity index (χ0) is 20.2. The van der Waals surface area contributed by atoms with Crippen molar-refractivity contribution in [3.63, 3.8) is 0 Å². The van der Waals surface area contributed by atoms with Crippen LogP contribution in [0.15, 0.2) is 53.3 Å². The number of carbonyl (C=O) groups is 1. The minimum atomic E-state index is -0.357. The summed E-state index contributed by atoms with van der Waals surface area (Å²) in [7, 11) is 1.39. The number of esters is 1. The smallest absolute Gasteiger partial charge is 0.339 e. The molecule has 6 heteroatoms. The lowest BCUT2D eigenvalue weighted by Crippen LogP contribution is -2.21. The summed E-state index contributed by atoms with van der Waals surface area (Å²) in [6, 6.07) is 14.5. The molecule has 152 valence electrons. The first-order valence-electron chi connectivity index (χ1n) is 10.0. The molecule has 0 aliphatic heterocycles. The normalized spacial score (nSPS) is 19.4. The molecule has 1 aliphatic carbocycles. The summed E-state index contributed by atoms with van der Waals surface area (Å²) < 4.78 is 13.8. The van der Waals surface area contributed by atoms with Gasteiger partial charge in [-0.15, -0.1) is 0 Å². The molecule has 0 unspecified atom stereocenters. The fourth-order valence-electron chi connectivity index (χ4n) is 4.11. The molecule has 3 aromatic rings. The van der Waals surface area contributed by atoms with Crippen molar-refractivity contribution in [2.75, 3.05) is 13.7 Å². The van der Waals surface area contributed by atoms with Crippen molar-refractivity contribution in [3.05, 3.63) is 64.4 Å². The minimum absolute atomic E-state index is 0.357. The Bertz CT molecular complexity index is 978. The molecule has 0 amide bonds. The van der Waals surface area contributed by atoms with Gasteiger partial charge in [0, 0.05) is 17.1 Å². The first kappa shape index (κ1) is 20.1. The highest BCUT2D eigenvalue weighted by atomic mass is 79.9. The highest BCUT2D eigenvalue weighted by Crippen LogP contribution is 2.35. The van der Waals surface area contributed by atoms with Gasteiger partial charge in [0.25, 0.3) is 0 Å². The lowest BCUT2D eigenvalue weighted by Gasteiger charge is -2.29. The number of ether oxygens (including phenoxy) is 2. The van der Waals surface area contributed by atoms with E-state index in [1.54, 1.807) is 6.07 Å². The molecule has 0 N–H and O–H groups in total. The Morgan fingerprint density at radius 3 is 2.66 bits per heavy atom. The number of hydrogen-bond donors (Lipinski definition) is 0. The molecule has 2 aromatic carbocycles. The standard InChI is InChI=1S/C23H25BrN2O3/c1-28-23(27)19-11-21-22(12-20(19)24)26(15-25-21)18-9-7-17(8-10-18)14-29-13-16-5-3-2-4-6-16/h2-6,11-12,15,17-18H,7-10,13-14H2,1H3. The second-order valence-corrected chi connectivity index (χ2v) is 8.49. The third kappa shape index (κ3) is 4.54. The molecule has 1 saturated carbocycles. The number of halogens is 1. The van der Waals surface area contributed by atoms with Crippen LogP contribution in [0.2, 0.25) is 0 Å². The van der Waals surface area contributed by atoms with Gasteiger partial charge in [0.2, 0.25) is 0 Å². The summed E-state index contributed by atoms with van der Waals surface area (Å²) in [5.41, 5.74) is 3.60. The van der Waals surface area contributed by atoms with Crippen molar-refractivity contribution in [1.29, 1.82) is 0 Å². The molecule has 1 aromatic heterocycles. The number of imidazole rings is 1. The monoisotopic (exact) mass is 456 g/mol. The Morgan fingerprint density at radius 1 is 1.17 bits per heavy atom. The third-order valence-electron chi connectivity index (χ3n) is 5.74. The SMILES string of the molecule is COC(=O)c1cc2ncn(C3CCC(COCc4ccccc4)CC3)c2cc1Br. The maximum atomic E-state index is 11.9. The van der Waals surface area contributed by atoms with Crippen LogP contribution in [0.5, 0.6) is 0 Å². The summed E-state index contributed by atoms with van der Waals surface area (Å²) >= 11 is 3.50. The summed E-state index contributed by atoms with van der Waals surface area (Å²) in [6.07, 6.45) is 6.43. The number of nitrogens with zero attached hydrogens (tertiary/aromatic N) is 2. The zero-order valence-electron chi connectivity index (χ0n) is 16.5. The highest BCUT2D eigenvalue weighted by molar-refractivity contribution is 9.10. The first-order chi connectivity index (χ1) is 14.2. The molecule has 0 saturated heterocycles. The molecule has 0 radical (unpaired) electrons. The maximum absolute atomic E-state index is 11.9. The maximum Gasteiger partial charge on any atom is 0.339 e. The van der Waals surface area contributed by atoms with Crippen molar-refractivity contribution in [3.8, 4) is 0 Å². The van der Waals surface area contributed by atoms with Gasteiger partial charge in [-0.1, -0.05) is 30.3 Å². The summed E-state index contributed by atoms with van der Waals surface area (Å²) in [6.45, 7) is 1.50. The second-order valence-electron chi connectivity index (χ2n) is 7.64. The van der Waals surface area contributed by atoms with Crippen LogP contribution < -0.4 is 0 Å². The third-order valence-corrected chi connectivity index (χ3v) is 6.40. The number of benzene rings is 2. The highest BCUT2D eigenvalue weighted by Gasteiger charge is 2.24. The van der Waals surface area contributed by atoms with Crippen LogP contribution in [0.25, 0.3) is 11.0 Å². The molecule has 4 rings (SSSR count). The van der Waals surface area contributed by atoms with Crippen molar-refractivity contribution in [2.24, 2.45) is 5.92 Å². The Balaban J connectivity index is 1.36. The predicted octanol–water partition coefficient (Wildman–Crippen LogP) is 5.53. The van der Waals surface area contributed by atoms with E-state index in [4.69, 9.17) is 9.47 Å². The number of aromatic nitrogens is 2. The molecule has 1 fully saturated rings. The number of hydrogen-bond acceptors (Lipinski definition) is 4. The fraction of sp³-hybridized carbons (Fsp3) is 0.391. The molecule has 1 aliphatic rings. The summed E-state index contributed by atoms with van der Waals surface area (Å²) in [4.78, 5) is 16.4. The number of fused-ring (bicyclic) bond motifs is 1. The Kier molecular flexibility index (Phi) is 6.31. The van der Waals surface area contributed by atoms with Gasteiger partial charge < -0.3 is 14.0 Å². The quantitative estimate of drug-likeness (QED) is 0.457. The largest absolute Gasteiger partial charge is 0.465 e. The Hall–Kier alpha value is -2.18. The lowest BCUT2D eigenvalue weighted by atomic mass is 9.86. The fourth-order valence-corrected chi connectivity index (χ4v) is 4.61. The van der Waals surface area contributed by atoms with Crippen LogP contribution in [0, 0.1) is 5.92 Å². The van der Waals surface area contributed by atoms with Crippen molar-refractivity contribution in [1.82, 2.24) is 9.55 Å². The molecular formula is C23H25BrN2O3. The predicted molar refractivity (Wildman–Crippen MR) is 116 cm³/mol. The Labute approximate surface area is 179 Å². The van der Waals surface area contributed by atoms with Gasteiger partial charge in [0.1, 0.15) is 0 Å². The van der Waals surface area contributed by atoms with Crippen molar-refractivity contribution >= 4 is 32.9 Å². The van der Waals surface area contributed by atoms with E-state index in [-0.39, 0.29) is 5.97 Å². The van der Waals surface area contributed by atoms with Gasteiger partial charge in [-0.25, -0.2) is 9.78 Å². The number of methoxy groups -OCH3 is 1. The van der Waals surface area contributed by atoms with Gasteiger partial charge in [-0.2, -0.15) is 0 Å². The first-order valence-corrected chi connectivity index (χ1v) is 10.8. The van der Waals surface area contributed by atoms with Crippen LogP contribution >= 0.6 is 15.9 Å². The molecule has 5 nitrogen and oxygen atoms in total. The minimum Gasteiger partial charge on any atom is -0.465 e. The van der Waals surface area contributed by atoms with E-state index in [1.807, 2.05) is 30.6 Å². The molecule has 1 heterocycles. The topological polar surface area (TPSA) is 53.3 Å². The second kappa shape index (κ2) is 9.09. The molecule has 29 heavy (non-hydrogen) atoms. The van der Waals surface area contributed by atoms with Crippen LogP contribution in [-0.2, 0) is 16.1 Å². The van der Waals surface area contributed by atoms with E-state index >= 15 is 0 Å². The zero-order valence-corrected chi connectivity index (χ0v) is 18.1. The number of rotatable bonds is 6. The van der Waals surface area contributed by atoms with Crippen LogP contribution in [0.1, 0.15) is 47.6 Å². The van der Waals surface area contributed by atoms with E-state index in [1.165, 1.54) is 12.7 Å². The summed E-state index contributed by atoms with van der Waals surface area (Å²) in [5.74, 6) is 0.256. The summed E-state index contributed by atoms with van der Waals surface area (Å²) in [5, 5.41) is 0. The Morgan fingerprint density at radius 2 is 1.93 bits per heavy atom. The average Bonchev–Trinajstić information content (AvgIpc) is 3.16. The lowest BCUT2D eigenvalue weighted by molar-refractivity contribution is 0.0600. The van der Waals surface area contributed by atoms with Crippen LogP contribution in [0.3, 0.4) is 0 Å². The molecule has 0 atom stereocenters. The van der Waals surface area contributed by atoms with Gasteiger partial charge in [-0.05, 0) is 65.2 Å². The van der Waals surface area contributed by atoms with Crippen LogP contribution in [-0.4, -0.2) is 29.2 Å². The average molecular weight is 457 g/mol. The van der Waals surface area contributed by atoms with Crippen LogP contribution in [0.4, 0.5) is 0 Å².